The number of hydrogen-bond donors (Lipinski definition) is 3. The molecule has 0 bridgehead atoms. The quantitative estimate of drug-likeness (QED) is 0.325. The average molecular weight is 568 g/mol. The first-order valence-electron chi connectivity index (χ1n) is 9.46. The smallest absolute Gasteiger partial charge is 0.317 e. The Bertz CT molecular complexity index is 1460. The van der Waals surface area contributed by atoms with Crippen molar-refractivity contribution in [1.29, 1.82) is 0 Å². The van der Waals surface area contributed by atoms with E-state index in [0.717, 1.165) is 27.6 Å². The molecular weight excluding hydrogens is 554 g/mol. The van der Waals surface area contributed by atoms with Gasteiger partial charge in [0.05, 0.1) is 15.8 Å². The standard InChI is InChI=1S/C20H14BrN3O6S3/c21-8-1-6-12-11(7-8)13-14(19(26)30-12)15(31-18-16(13)32-20(27)24-18)17(25)23-9-2-4-10(5-3-9)33(22,28)29/h1-7,13-15H,(H,23,25)(H,24,27)(H2,22,28,29)/t13-,14+,15+/m0/s1. The first kappa shape index (κ1) is 22.3. The maximum atomic E-state index is 13.3. The normalized spacial score (nSPS) is 21.4. The maximum absolute atomic E-state index is 13.3. The molecule has 0 saturated heterocycles. The van der Waals surface area contributed by atoms with Crippen molar-refractivity contribution in [2.45, 2.75) is 21.1 Å². The van der Waals surface area contributed by atoms with Crippen LogP contribution in [0, 0.1) is 5.92 Å². The first-order valence-corrected chi connectivity index (χ1v) is 13.5. The number of thiazole rings is 1. The third kappa shape index (κ3) is 4.04. The maximum Gasteiger partial charge on any atom is 0.317 e. The highest BCUT2D eigenvalue weighted by Gasteiger charge is 2.51. The van der Waals surface area contributed by atoms with Gasteiger partial charge < -0.3 is 15.0 Å². The number of thioether (sulfide) groups is 1. The number of benzene rings is 2. The van der Waals surface area contributed by atoms with Crippen molar-refractivity contribution in [3.8, 4) is 5.75 Å². The van der Waals surface area contributed by atoms with Gasteiger partial charge in [-0.05, 0) is 42.5 Å². The number of carbonyl (C=O) groups is 2. The topological polar surface area (TPSA) is 148 Å². The number of fused-ring (bicyclic) bond motifs is 5. The van der Waals surface area contributed by atoms with E-state index >= 15 is 0 Å². The summed E-state index contributed by atoms with van der Waals surface area (Å²) < 4.78 is 29.2. The third-order valence-corrected chi connectivity index (χ3v) is 9.19. The predicted octanol–water partition coefficient (Wildman–Crippen LogP) is 2.63. The van der Waals surface area contributed by atoms with Crippen LogP contribution < -0.4 is 20.1 Å². The van der Waals surface area contributed by atoms with Crippen LogP contribution in [0.4, 0.5) is 5.69 Å². The lowest BCUT2D eigenvalue weighted by Gasteiger charge is -2.38. The monoisotopic (exact) mass is 567 g/mol. The minimum absolute atomic E-state index is 0.0915. The summed E-state index contributed by atoms with van der Waals surface area (Å²) in [5.41, 5.74) is 1.04. The van der Waals surface area contributed by atoms with Crippen LogP contribution in [0.15, 0.2) is 61.7 Å². The van der Waals surface area contributed by atoms with Gasteiger partial charge in [0.1, 0.15) is 11.0 Å². The molecule has 2 aliphatic rings. The second-order valence-corrected chi connectivity index (χ2v) is 12.1. The second kappa shape index (κ2) is 8.09. The molecule has 33 heavy (non-hydrogen) atoms. The number of hydrogen-bond acceptors (Lipinski definition) is 8. The molecule has 0 aliphatic carbocycles. The van der Waals surface area contributed by atoms with Gasteiger partial charge in [-0.15, -0.1) is 0 Å². The Kier molecular flexibility index (Phi) is 5.48. The molecule has 170 valence electrons. The van der Waals surface area contributed by atoms with E-state index in [2.05, 4.69) is 26.2 Å². The van der Waals surface area contributed by atoms with Crippen molar-refractivity contribution >= 4 is 66.6 Å². The number of H-pyrrole nitrogens is 1. The van der Waals surface area contributed by atoms with Crippen LogP contribution >= 0.6 is 39.0 Å². The van der Waals surface area contributed by atoms with Crippen molar-refractivity contribution < 1.29 is 22.7 Å². The number of nitrogens with one attached hydrogen (secondary N) is 2. The van der Waals surface area contributed by atoms with Crippen LogP contribution in [0.1, 0.15) is 16.4 Å². The summed E-state index contributed by atoms with van der Waals surface area (Å²) >= 11 is 5.54. The molecule has 9 nitrogen and oxygen atoms in total. The molecule has 4 N–H and O–H groups in total. The van der Waals surface area contributed by atoms with Crippen molar-refractivity contribution in [2.24, 2.45) is 11.1 Å². The largest absolute Gasteiger partial charge is 0.426 e. The number of sulfonamides is 1. The van der Waals surface area contributed by atoms with E-state index in [1.54, 1.807) is 12.1 Å². The molecule has 0 saturated carbocycles. The van der Waals surface area contributed by atoms with Gasteiger partial charge in [-0.1, -0.05) is 39.0 Å². The molecule has 0 spiro atoms. The number of rotatable bonds is 3. The van der Waals surface area contributed by atoms with Gasteiger partial charge in [0.25, 0.3) is 0 Å². The summed E-state index contributed by atoms with van der Waals surface area (Å²) in [6, 6.07) is 10.6. The molecule has 2 aromatic carbocycles. The highest BCUT2D eigenvalue weighted by molar-refractivity contribution is 9.10. The van der Waals surface area contributed by atoms with Gasteiger partial charge in [-0.2, -0.15) is 0 Å². The SMILES string of the molecule is NS(=O)(=O)c1ccc(NC(=O)[C@@H]2Sc3[nH]c(=O)sc3[C@H]3c4cc(Br)ccc4OC(=O)[C@H]32)cc1. The predicted molar refractivity (Wildman–Crippen MR) is 126 cm³/mol. The van der Waals surface area contributed by atoms with Gasteiger partial charge in [0.2, 0.25) is 15.9 Å². The molecule has 0 fully saturated rings. The molecule has 0 radical (unpaired) electrons. The van der Waals surface area contributed by atoms with Gasteiger partial charge in [-0.3, -0.25) is 14.4 Å². The van der Waals surface area contributed by atoms with E-state index in [4.69, 9.17) is 9.88 Å². The fraction of sp³-hybridized carbons (Fsp3) is 0.150. The van der Waals surface area contributed by atoms with E-state index in [9.17, 15) is 22.8 Å². The summed E-state index contributed by atoms with van der Waals surface area (Å²) in [4.78, 5) is 41.5. The van der Waals surface area contributed by atoms with Gasteiger partial charge in [0, 0.05) is 26.5 Å². The lowest BCUT2D eigenvalue weighted by atomic mass is 9.80. The number of aromatic nitrogens is 1. The number of aromatic amines is 1. The van der Waals surface area contributed by atoms with E-state index in [-0.39, 0.29) is 9.77 Å². The number of ether oxygens (including phenoxy) is 1. The van der Waals surface area contributed by atoms with Crippen molar-refractivity contribution in [2.75, 3.05) is 5.32 Å². The Hall–Kier alpha value is -2.45. The Labute approximate surface area is 203 Å². The van der Waals surface area contributed by atoms with E-state index in [1.165, 1.54) is 24.3 Å². The number of anilines is 1. The highest BCUT2D eigenvalue weighted by atomic mass is 79.9. The van der Waals surface area contributed by atoms with E-state index < -0.39 is 39.0 Å². The van der Waals surface area contributed by atoms with E-state index in [1.807, 2.05) is 6.07 Å². The number of amides is 1. The van der Waals surface area contributed by atoms with Crippen LogP contribution in [-0.4, -0.2) is 30.5 Å². The molecule has 3 heterocycles. The minimum Gasteiger partial charge on any atom is -0.426 e. The molecule has 3 aromatic rings. The molecular formula is C20H14BrN3O6S3. The Morgan fingerprint density at radius 3 is 2.58 bits per heavy atom. The summed E-state index contributed by atoms with van der Waals surface area (Å²) in [5, 5.41) is 7.47. The zero-order valence-corrected chi connectivity index (χ0v) is 20.4. The average Bonchev–Trinajstić information content (AvgIpc) is 3.13. The number of esters is 1. The number of primary sulfonamides is 1. The number of carbonyl (C=O) groups excluding carboxylic acids is 2. The Balaban J connectivity index is 1.53. The summed E-state index contributed by atoms with van der Waals surface area (Å²) in [6.07, 6.45) is 0. The molecule has 1 aromatic heterocycles. The Morgan fingerprint density at radius 2 is 1.88 bits per heavy atom. The highest BCUT2D eigenvalue weighted by Crippen LogP contribution is 2.54. The van der Waals surface area contributed by atoms with Gasteiger partial charge in [0.15, 0.2) is 0 Å². The van der Waals surface area contributed by atoms with Gasteiger partial charge >= 0.3 is 10.8 Å². The summed E-state index contributed by atoms with van der Waals surface area (Å²) in [7, 11) is -3.87. The minimum atomic E-state index is -3.87. The summed E-state index contributed by atoms with van der Waals surface area (Å²) in [6.45, 7) is 0. The van der Waals surface area contributed by atoms with Crippen LogP contribution in [0.3, 0.4) is 0 Å². The lowest BCUT2D eigenvalue weighted by molar-refractivity contribution is -0.142. The first-order chi connectivity index (χ1) is 15.6. The Morgan fingerprint density at radius 1 is 1.15 bits per heavy atom. The third-order valence-electron chi connectivity index (χ3n) is 5.35. The van der Waals surface area contributed by atoms with Crippen LogP contribution in [-0.2, 0) is 19.6 Å². The van der Waals surface area contributed by atoms with Gasteiger partial charge in [-0.25, -0.2) is 13.6 Å². The molecule has 3 atom stereocenters. The van der Waals surface area contributed by atoms with Crippen molar-refractivity contribution in [3.05, 3.63) is 67.0 Å². The van der Waals surface area contributed by atoms with Crippen LogP contribution in [0.25, 0.3) is 0 Å². The summed E-state index contributed by atoms with van der Waals surface area (Å²) in [5.74, 6) is -2.04. The molecule has 13 heteroatoms. The number of halogens is 1. The van der Waals surface area contributed by atoms with E-state index in [0.29, 0.717) is 26.9 Å². The molecule has 1 amide bonds. The second-order valence-electron chi connectivity index (χ2n) is 7.41. The fourth-order valence-corrected chi connectivity index (χ4v) is 7.30. The van der Waals surface area contributed by atoms with Crippen LogP contribution in [0.2, 0.25) is 0 Å². The number of nitrogens with two attached hydrogens (primary N) is 1. The molecule has 0 unspecified atom stereocenters. The lowest BCUT2D eigenvalue weighted by Crippen LogP contribution is -2.46. The van der Waals surface area contributed by atoms with Crippen LogP contribution in [0.5, 0.6) is 5.75 Å². The zero-order valence-electron chi connectivity index (χ0n) is 16.4. The fourth-order valence-electron chi connectivity index (χ4n) is 3.94. The molecule has 2 aliphatic heterocycles. The van der Waals surface area contributed by atoms with Crippen molar-refractivity contribution in [3.63, 3.8) is 0 Å². The zero-order chi connectivity index (χ0) is 23.5. The molecule has 5 rings (SSSR count). The van der Waals surface area contributed by atoms with Crippen molar-refractivity contribution in [1.82, 2.24) is 4.98 Å².